The summed E-state index contributed by atoms with van der Waals surface area (Å²) >= 11 is 8.05. The van der Waals surface area contributed by atoms with Gasteiger partial charge in [0, 0.05) is 28.9 Å². The lowest BCUT2D eigenvalue weighted by atomic mass is 9.94. The number of carbonyl (C=O) groups excluding carboxylic acids is 2. The third-order valence-corrected chi connectivity index (χ3v) is 6.94. The third-order valence-electron chi connectivity index (χ3n) is 5.74. The number of benzene rings is 1. The van der Waals surface area contributed by atoms with Gasteiger partial charge < -0.3 is 5.32 Å². The summed E-state index contributed by atoms with van der Waals surface area (Å²) < 4.78 is 0. The Balaban J connectivity index is 1.74. The molecule has 1 aromatic carbocycles. The molecule has 0 saturated heterocycles. The lowest BCUT2D eigenvalue weighted by molar-refractivity contribution is -0.127. The molecule has 7 heteroatoms. The van der Waals surface area contributed by atoms with Gasteiger partial charge in [0.1, 0.15) is 6.04 Å². The van der Waals surface area contributed by atoms with Crippen LogP contribution in [0.5, 0.6) is 0 Å². The normalized spacial score (nSPS) is 15.2. The predicted molar refractivity (Wildman–Crippen MR) is 129 cm³/mol. The molecule has 2 heterocycles. The molecule has 32 heavy (non-hydrogen) atoms. The van der Waals surface area contributed by atoms with Crippen LogP contribution in [0.3, 0.4) is 0 Å². The Morgan fingerprint density at radius 2 is 1.91 bits per heavy atom. The van der Waals surface area contributed by atoms with Gasteiger partial charge in [-0.2, -0.15) is 0 Å². The molecule has 1 fully saturated rings. The number of nitrogens with one attached hydrogen (secondary N) is 1. The number of hydrogen-bond acceptors (Lipinski definition) is 4. The summed E-state index contributed by atoms with van der Waals surface area (Å²) in [4.78, 5) is 34.0. The summed E-state index contributed by atoms with van der Waals surface area (Å²) in [6, 6.07) is 13.9. The summed E-state index contributed by atoms with van der Waals surface area (Å²) in [5.41, 5.74) is 1.17. The Hall–Kier alpha value is -2.70. The number of amides is 2. The molecule has 166 valence electrons. The predicted octanol–water partition coefficient (Wildman–Crippen LogP) is 5.56. The monoisotopic (exact) mass is 467 g/mol. The lowest BCUT2D eigenvalue weighted by Crippen LogP contribution is -2.47. The van der Waals surface area contributed by atoms with Gasteiger partial charge in [0.25, 0.3) is 0 Å². The third kappa shape index (κ3) is 5.37. The molecule has 0 radical (unpaired) electrons. The van der Waals surface area contributed by atoms with Crippen LogP contribution in [-0.2, 0) is 16.0 Å². The zero-order valence-electron chi connectivity index (χ0n) is 17.7. The maximum Gasteiger partial charge on any atom is 0.248 e. The van der Waals surface area contributed by atoms with Crippen molar-refractivity contribution in [2.75, 3.05) is 4.90 Å². The summed E-state index contributed by atoms with van der Waals surface area (Å²) in [6.45, 7) is 0. The van der Waals surface area contributed by atoms with Crippen molar-refractivity contribution < 1.29 is 9.59 Å². The highest BCUT2D eigenvalue weighted by atomic mass is 35.5. The topological polar surface area (TPSA) is 62.3 Å². The fourth-order valence-electron chi connectivity index (χ4n) is 4.19. The number of hydrogen-bond donors (Lipinski definition) is 1. The SMILES string of the molecule is O=C(NC1CCCCC1)C(c1cccnc1)N(C(=O)Cc1cccs1)c1ccccc1Cl. The number of halogens is 1. The van der Waals surface area contributed by atoms with E-state index in [9.17, 15) is 9.59 Å². The Labute approximate surface area is 197 Å². The fourth-order valence-corrected chi connectivity index (χ4v) is 5.12. The molecule has 1 unspecified atom stereocenters. The van der Waals surface area contributed by atoms with E-state index < -0.39 is 6.04 Å². The second-order valence-electron chi connectivity index (χ2n) is 8.00. The number of nitrogens with zero attached hydrogens (tertiary/aromatic N) is 2. The van der Waals surface area contributed by atoms with Crippen molar-refractivity contribution in [1.82, 2.24) is 10.3 Å². The number of para-hydroxylation sites is 1. The molecule has 4 rings (SSSR count). The van der Waals surface area contributed by atoms with E-state index in [0.29, 0.717) is 16.3 Å². The Morgan fingerprint density at radius 3 is 2.59 bits per heavy atom. The highest BCUT2D eigenvalue weighted by Crippen LogP contribution is 2.34. The van der Waals surface area contributed by atoms with Gasteiger partial charge in [0.05, 0.1) is 17.1 Å². The summed E-state index contributed by atoms with van der Waals surface area (Å²) in [7, 11) is 0. The molecule has 1 aliphatic carbocycles. The molecule has 1 saturated carbocycles. The minimum Gasteiger partial charge on any atom is -0.351 e. The Morgan fingerprint density at radius 1 is 1.09 bits per heavy atom. The smallest absolute Gasteiger partial charge is 0.248 e. The lowest BCUT2D eigenvalue weighted by Gasteiger charge is -2.33. The van der Waals surface area contributed by atoms with Crippen molar-refractivity contribution >= 4 is 40.4 Å². The van der Waals surface area contributed by atoms with Gasteiger partial charge in [0.2, 0.25) is 11.8 Å². The second-order valence-corrected chi connectivity index (χ2v) is 9.44. The first-order chi connectivity index (χ1) is 15.6. The van der Waals surface area contributed by atoms with E-state index in [-0.39, 0.29) is 24.3 Å². The van der Waals surface area contributed by atoms with Crippen molar-refractivity contribution in [3.05, 3.63) is 81.8 Å². The van der Waals surface area contributed by atoms with Crippen LogP contribution in [0.4, 0.5) is 5.69 Å². The summed E-state index contributed by atoms with van der Waals surface area (Å²) in [5.74, 6) is -0.391. The number of pyridine rings is 1. The number of anilines is 1. The van der Waals surface area contributed by atoms with Crippen LogP contribution in [0, 0.1) is 0 Å². The van der Waals surface area contributed by atoms with Crippen molar-refractivity contribution in [2.45, 2.75) is 50.6 Å². The molecule has 2 amide bonds. The zero-order chi connectivity index (χ0) is 22.3. The van der Waals surface area contributed by atoms with Crippen LogP contribution in [0.15, 0.2) is 66.3 Å². The Kier molecular flexibility index (Phi) is 7.55. The maximum absolute atomic E-state index is 13.7. The van der Waals surface area contributed by atoms with E-state index >= 15 is 0 Å². The van der Waals surface area contributed by atoms with E-state index in [1.54, 1.807) is 30.6 Å². The summed E-state index contributed by atoms with van der Waals surface area (Å²) in [6.07, 6.45) is 8.82. The van der Waals surface area contributed by atoms with Crippen LogP contribution < -0.4 is 10.2 Å². The van der Waals surface area contributed by atoms with Crippen LogP contribution in [-0.4, -0.2) is 22.8 Å². The van der Waals surface area contributed by atoms with Crippen molar-refractivity contribution in [2.24, 2.45) is 0 Å². The van der Waals surface area contributed by atoms with Gasteiger partial charge in [0.15, 0.2) is 0 Å². The molecule has 0 spiro atoms. The van der Waals surface area contributed by atoms with Crippen molar-refractivity contribution in [1.29, 1.82) is 0 Å². The van der Waals surface area contributed by atoms with E-state index in [1.807, 2.05) is 35.7 Å². The van der Waals surface area contributed by atoms with E-state index in [0.717, 1.165) is 30.6 Å². The quantitative estimate of drug-likeness (QED) is 0.494. The molecule has 0 aliphatic heterocycles. The molecule has 3 aromatic rings. The largest absolute Gasteiger partial charge is 0.351 e. The summed E-state index contributed by atoms with van der Waals surface area (Å²) in [5, 5.41) is 5.56. The highest BCUT2D eigenvalue weighted by molar-refractivity contribution is 7.10. The van der Waals surface area contributed by atoms with Gasteiger partial charge in [-0.1, -0.05) is 55.1 Å². The first-order valence-corrected chi connectivity index (χ1v) is 12.2. The molecule has 0 bridgehead atoms. The first-order valence-electron chi connectivity index (χ1n) is 10.9. The molecular formula is C25H26ClN3O2S. The molecule has 2 aromatic heterocycles. The molecule has 5 nitrogen and oxygen atoms in total. The number of carbonyl (C=O) groups is 2. The number of aromatic nitrogens is 1. The van der Waals surface area contributed by atoms with Crippen LogP contribution in [0.1, 0.15) is 48.6 Å². The van der Waals surface area contributed by atoms with Gasteiger partial charge in [-0.25, -0.2) is 0 Å². The van der Waals surface area contributed by atoms with Crippen molar-refractivity contribution in [3.8, 4) is 0 Å². The fraction of sp³-hybridized carbons (Fsp3) is 0.320. The average molecular weight is 468 g/mol. The highest BCUT2D eigenvalue weighted by Gasteiger charge is 2.35. The number of rotatable bonds is 7. The van der Waals surface area contributed by atoms with Gasteiger partial charge in [-0.15, -0.1) is 11.3 Å². The van der Waals surface area contributed by atoms with E-state index in [4.69, 9.17) is 11.6 Å². The maximum atomic E-state index is 13.7. The van der Waals surface area contributed by atoms with Crippen LogP contribution in [0.2, 0.25) is 5.02 Å². The van der Waals surface area contributed by atoms with Gasteiger partial charge >= 0.3 is 0 Å². The van der Waals surface area contributed by atoms with Crippen molar-refractivity contribution in [3.63, 3.8) is 0 Å². The number of thiophene rings is 1. The van der Waals surface area contributed by atoms with Gasteiger partial charge in [-0.05, 0) is 42.5 Å². The van der Waals surface area contributed by atoms with Crippen LogP contribution in [0.25, 0.3) is 0 Å². The molecule has 1 N–H and O–H groups in total. The average Bonchev–Trinajstić information content (AvgIpc) is 3.32. The van der Waals surface area contributed by atoms with Crippen LogP contribution >= 0.6 is 22.9 Å². The minimum absolute atomic E-state index is 0.121. The zero-order valence-corrected chi connectivity index (χ0v) is 19.3. The standard InChI is InChI=1S/C25H26ClN3O2S/c26-21-12-4-5-13-22(21)29(23(30)16-20-11-7-15-32-20)24(18-8-6-14-27-17-18)25(31)28-19-9-2-1-3-10-19/h4-8,11-15,17,19,24H,1-3,9-10,16H2,(H,28,31). The minimum atomic E-state index is -0.863. The molecule has 1 atom stereocenters. The van der Waals surface area contributed by atoms with E-state index in [2.05, 4.69) is 10.3 Å². The van der Waals surface area contributed by atoms with E-state index in [1.165, 1.54) is 22.7 Å². The van der Waals surface area contributed by atoms with Gasteiger partial charge in [-0.3, -0.25) is 19.5 Å². The first kappa shape index (κ1) is 22.5. The Bertz CT molecular complexity index is 1040. The second kappa shape index (κ2) is 10.7. The molecular weight excluding hydrogens is 442 g/mol. The molecule has 1 aliphatic rings.